The van der Waals surface area contributed by atoms with Gasteiger partial charge in [0.25, 0.3) is 0 Å². The summed E-state index contributed by atoms with van der Waals surface area (Å²) in [6, 6.07) is 3.94. The number of rotatable bonds is 4. The standard InChI is InChI=1S/C14H17BrO2/c1-3-9(4-2)13(16)12-8-11(15)7-10-5-6-17-14(10)12/h7-9H,3-6H2,1-2H3. The van der Waals surface area contributed by atoms with Crippen molar-refractivity contribution in [3.63, 3.8) is 0 Å². The molecule has 92 valence electrons. The summed E-state index contributed by atoms with van der Waals surface area (Å²) in [5.74, 6) is 1.14. The van der Waals surface area contributed by atoms with Gasteiger partial charge >= 0.3 is 0 Å². The molecule has 0 atom stereocenters. The van der Waals surface area contributed by atoms with Crippen LogP contribution in [0, 0.1) is 5.92 Å². The lowest BCUT2D eigenvalue weighted by atomic mass is 9.91. The van der Waals surface area contributed by atoms with E-state index in [2.05, 4.69) is 29.8 Å². The van der Waals surface area contributed by atoms with Crippen molar-refractivity contribution in [2.75, 3.05) is 6.61 Å². The first-order valence-electron chi connectivity index (χ1n) is 6.16. The van der Waals surface area contributed by atoms with Crippen molar-refractivity contribution in [2.45, 2.75) is 33.1 Å². The number of ketones is 1. The van der Waals surface area contributed by atoms with Crippen molar-refractivity contribution in [3.8, 4) is 5.75 Å². The lowest BCUT2D eigenvalue weighted by molar-refractivity contribution is 0.0910. The van der Waals surface area contributed by atoms with E-state index in [0.717, 1.165) is 40.6 Å². The molecule has 17 heavy (non-hydrogen) atoms. The molecule has 0 saturated heterocycles. The third kappa shape index (κ3) is 2.39. The summed E-state index contributed by atoms with van der Waals surface area (Å²) < 4.78 is 6.57. The second kappa shape index (κ2) is 5.21. The second-order valence-corrected chi connectivity index (χ2v) is 5.33. The Morgan fingerprint density at radius 1 is 1.41 bits per heavy atom. The maximum absolute atomic E-state index is 12.4. The van der Waals surface area contributed by atoms with E-state index in [1.807, 2.05) is 12.1 Å². The van der Waals surface area contributed by atoms with Gasteiger partial charge in [-0.15, -0.1) is 0 Å². The van der Waals surface area contributed by atoms with Crippen LogP contribution >= 0.6 is 15.9 Å². The van der Waals surface area contributed by atoms with Gasteiger partial charge in [-0.2, -0.15) is 0 Å². The number of fused-ring (bicyclic) bond motifs is 1. The summed E-state index contributed by atoms with van der Waals surface area (Å²) >= 11 is 3.47. The quantitative estimate of drug-likeness (QED) is 0.785. The summed E-state index contributed by atoms with van der Waals surface area (Å²) in [5, 5.41) is 0. The van der Waals surface area contributed by atoms with E-state index in [-0.39, 0.29) is 11.7 Å². The van der Waals surface area contributed by atoms with Crippen molar-refractivity contribution in [1.82, 2.24) is 0 Å². The third-order valence-electron chi connectivity index (χ3n) is 3.37. The molecule has 3 heteroatoms. The Morgan fingerprint density at radius 3 is 2.76 bits per heavy atom. The molecule has 0 N–H and O–H groups in total. The van der Waals surface area contributed by atoms with Gasteiger partial charge in [-0.3, -0.25) is 4.79 Å². The van der Waals surface area contributed by atoms with Crippen LogP contribution in [0.25, 0.3) is 0 Å². The summed E-state index contributed by atoms with van der Waals surface area (Å²) in [4.78, 5) is 12.4. The van der Waals surface area contributed by atoms with Gasteiger partial charge in [0, 0.05) is 16.8 Å². The van der Waals surface area contributed by atoms with Gasteiger partial charge in [0.05, 0.1) is 12.2 Å². The summed E-state index contributed by atoms with van der Waals surface area (Å²) in [5.41, 5.74) is 1.90. The maximum Gasteiger partial charge on any atom is 0.169 e. The zero-order valence-corrected chi connectivity index (χ0v) is 11.8. The third-order valence-corrected chi connectivity index (χ3v) is 3.83. The first-order valence-corrected chi connectivity index (χ1v) is 6.96. The molecule has 1 aliphatic rings. The molecule has 2 nitrogen and oxygen atoms in total. The van der Waals surface area contributed by atoms with Gasteiger partial charge in [0.15, 0.2) is 5.78 Å². The van der Waals surface area contributed by atoms with Crippen LogP contribution in [0.15, 0.2) is 16.6 Å². The van der Waals surface area contributed by atoms with E-state index in [9.17, 15) is 4.79 Å². The molecule has 0 amide bonds. The molecule has 0 spiro atoms. The number of carbonyl (C=O) groups excluding carboxylic acids is 1. The average Bonchev–Trinajstić information content (AvgIpc) is 2.77. The van der Waals surface area contributed by atoms with E-state index in [1.54, 1.807) is 0 Å². The fourth-order valence-corrected chi connectivity index (χ4v) is 2.84. The molecular formula is C14H17BrO2. The summed E-state index contributed by atoms with van der Waals surface area (Å²) in [6.45, 7) is 4.81. The Morgan fingerprint density at radius 2 is 2.12 bits per heavy atom. The van der Waals surface area contributed by atoms with E-state index < -0.39 is 0 Å². The lowest BCUT2D eigenvalue weighted by Gasteiger charge is -2.14. The van der Waals surface area contributed by atoms with E-state index in [1.165, 1.54) is 0 Å². The smallest absolute Gasteiger partial charge is 0.169 e. The molecular weight excluding hydrogens is 280 g/mol. The van der Waals surface area contributed by atoms with Gasteiger partial charge in [-0.25, -0.2) is 0 Å². The van der Waals surface area contributed by atoms with Gasteiger partial charge in [0.2, 0.25) is 0 Å². The molecule has 0 fully saturated rings. The Kier molecular flexibility index (Phi) is 3.87. The number of carbonyl (C=O) groups is 1. The lowest BCUT2D eigenvalue weighted by Crippen LogP contribution is -2.14. The van der Waals surface area contributed by atoms with Crippen LogP contribution in [-0.2, 0) is 6.42 Å². The number of benzene rings is 1. The van der Waals surface area contributed by atoms with Crippen molar-refractivity contribution in [1.29, 1.82) is 0 Å². The molecule has 0 unspecified atom stereocenters. The largest absolute Gasteiger partial charge is 0.492 e. The predicted octanol–water partition coefficient (Wildman–Crippen LogP) is 4.00. The zero-order chi connectivity index (χ0) is 12.4. The number of ether oxygens (including phenoxy) is 1. The van der Waals surface area contributed by atoms with Gasteiger partial charge < -0.3 is 4.74 Å². The second-order valence-electron chi connectivity index (χ2n) is 4.42. The SMILES string of the molecule is CCC(CC)C(=O)c1cc(Br)cc2c1OCC2. The highest BCUT2D eigenvalue weighted by atomic mass is 79.9. The Bertz CT molecular complexity index is 436. The number of hydrogen-bond donors (Lipinski definition) is 0. The van der Waals surface area contributed by atoms with Gasteiger partial charge in [0.1, 0.15) is 5.75 Å². The zero-order valence-electron chi connectivity index (χ0n) is 10.3. The molecule has 0 aliphatic carbocycles. The molecule has 1 heterocycles. The van der Waals surface area contributed by atoms with Crippen LogP contribution in [-0.4, -0.2) is 12.4 Å². The molecule has 0 radical (unpaired) electrons. The predicted molar refractivity (Wildman–Crippen MR) is 71.7 cm³/mol. The molecule has 1 aromatic rings. The van der Waals surface area contributed by atoms with Crippen LogP contribution in [0.5, 0.6) is 5.75 Å². The summed E-state index contributed by atoms with van der Waals surface area (Å²) in [6.07, 6.45) is 2.67. The molecule has 1 aromatic carbocycles. The highest BCUT2D eigenvalue weighted by Crippen LogP contribution is 2.35. The fraction of sp³-hybridized carbons (Fsp3) is 0.500. The van der Waals surface area contributed by atoms with Crippen molar-refractivity contribution in [3.05, 3.63) is 27.7 Å². The molecule has 0 aromatic heterocycles. The molecule has 2 rings (SSSR count). The van der Waals surface area contributed by atoms with E-state index in [0.29, 0.717) is 6.61 Å². The Hall–Kier alpha value is -0.830. The van der Waals surface area contributed by atoms with Crippen molar-refractivity contribution in [2.24, 2.45) is 5.92 Å². The maximum atomic E-state index is 12.4. The number of Topliss-reactive ketones (excluding diaryl/α,β-unsaturated/α-hetero) is 1. The van der Waals surface area contributed by atoms with Crippen LogP contribution in [0.1, 0.15) is 42.6 Å². The first-order chi connectivity index (χ1) is 8.17. The topological polar surface area (TPSA) is 26.3 Å². The highest BCUT2D eigenvalue weighted by Gasteiger charge is 2.25. The monoisotopic (exact) mass is 296 g/mol. The molecule has 1 aliphatic heterocycles. The van der Waals surface area contributed by atoms with Gasteiger partial charge in [-0.1, -0.05) is 29.8 Å². The fourth-order valence-electron chi connectivity index (χ4n) is 2.33. The average molecular weight is 297 g/mol. The minimum atomic E-state index is 0.109. The summed E-state index contributed by atoms with van der Waals surface area (Å²) in [7, 11) is 0. The van der Waals surface area contributed by atoms with E-state index in [4.69, 9.17) is 4.74 Å². The molecule has 0 saturated carbocycles. The van der Waals surface area contributed by atoms with Crippen LogP contribution < -0.4 is 4.74 Å². The minimum absolute atomic E-state index is 0.109. The molecule has 0 bridgehead atoms. The van der Waals surface area contributed by atoms with Crippen molar-refractivity contribution < 1.29 is 9.53 Å². The Labute approximate surface area is 110 Å². The van der Waals surface area contributed by atoms with Crippen LogP contribution in [0.3, 0.4) is 0 Å². The van der Waals surface area contributed by atoms with Crippen LogP contribution in [0.4, 0.5) is 0 Å². The van der Waals surface area contributed by atoms with Gasteiger partial charge in [-0.05, 0) is 30.5 Å². The minimum Gasteiger partial charge on any atom is -0.492 e. The number of halogens is 1. The normalized spacial score (nSPS) is 13.6. The first kappa shape index (κ1) is 12.6. The highest BCUT2D eigenvalue weighted by molar-refractivity contribution is 9.10. The Balaban J connectivity index is 2.41. The van der Waals surface area contributed by atoms with Crippen molar-refractivity contribution >= 4 is 21.7 Å². The number of hydrogen-bond acceptors (Lipinski definition) is 2. The van der Waals surface area contributed by atoms with Crippen LogP contribution in [0.2, 0.25) is 0 Å². The van der Waals surface area contributed by atoms with E-state index >= 15 is 0 Å².